The molecule has 2 heterocycles. The Labute approximate surface area is 119 Å². The predicted molar refractivity (Wildman–Crippen MR) is 75.6 cm³/mol. The van der Waals surface area contributed by atoms with Crippen LogP contribution in [-0.2, 0) is 11.2 Å². The molecule has 5 heteroatoms. The van der Waals surface area contributed by atoms with Gasteiger partial charge in [-0.25, -0.2) is 4.39 Å². The molecule has 3 atom stereocenters. The maximum atomic E-state index is 13.7. The highest BCUT2D eigenvalue weighted by molar-refractivity contribution is 5.19. The van der Waals surface area contributed by atoms with Crippen molar-refractivity contribution in [2.24, 2.45) is 5.84 Å². The van der Waals surface area contributed by atoms with Crippen LogP contribution in [0.1, 0.15) is 18.4 Å². The molecule has 2 fully saturated rings. The van der Waals surface area contributed by atoms with Crippen molar-refractivity contribution in [2.75, 3.05) is 19.7 Å². The van der Waals surface area contributed by atoms with E-state index in [-0.39, 0.29) is 18.0 Å². The van der Waals surface area contributed by atoms with Crippen LogP contribution in [0.3, 0.4) is 0 Å². The Balaban J connectivity index is 1.66. The number of hydrogen-bond acceptors (Lipinski definition) is 4. The first-order valence-corrected chi connectivity index (χ1v) is 7.33. The Bertz CT molecular complexity index is 456. The molecule has 1 aromatic rings. The molecule has 3 rings (SSSR count). The van der Waals surface area contributed by atoms with Gasteiger partial charge in [-0.2, -0.15) is 0 Å². The summed E-state index contributed by atoms with van der Waals surface area (Å²) >= 11 is 0. The predicted octanol–water partition coefficient (Wildman–Crippen LogP) is 1.06. The van der Waals surface area contributed by atoms with Crippen molar-refractivity contribution in [1.82, 2.24) is 10.3 Å². The first-order chi connectivity index (χ1) is 9.78. The lowest BCUT2D eigenvalue weighted by Crippen LogP contribution is -2.56. The molecule has 1 aromatic carbocycles. The number of nitrogens with zero attached hydrogens (tertiary/aromatic N) is 1. The van der Waals surface area contributed by atoms with Crippen LogP contribution < -0.4 is 11.3 Å². The Morgan fingerprint density at radius 3 is 3.10 bits per heavy atom. The zero-order valence-electron chi connectivity index (χ0n) is 11.6. The summed E-state index contributed by atoms with van der Waals surface area (Å²) in [5.74, 6) is 5.49. The van der Waals surface area contributed by atoms with Gasteiger partial charge in [0.1, 0.15) is 5.82 Å². The summed E-state index contributed by atoms with van der Waals surface area (Å²) in [6, 6.07) is 7.36. The minimum Gasteiger partial charge on any atom is -0.374 e. The smallest absolute Gasteiger partial charge is 0.126 e. The molecule has 110 valence electrons. The van der Waals surface area contributed by atoms with E-state index in [1.54, 1.807) is 12.1 Å². The topological polar surface area (TPSA) is 50.5 Å². The Kier molecular flexibility index (Phi) is 4.31. The number of ether oxygens (including phenoxy) is 1. The number of nitrogens with two attached hydrogens (primary N) is 1. The minimum atomic E-state index is -0.178. The fraction of sp³-hybridized carbons (Fsp3) is 0.600. The van der Waals surface area contributed by atoms with Crippen LogP contribution in [0.4, 0.5) is 4.39 Å². The van der Waals surface area contributed by atoms with Gasteiger partial charge in [-0.05, 0) is 37.4 Å². The molecular weight excluding hydrogens is 257 g/mol. The van der Waals surface area contributed by atoms with E-state index in [4.69, 9.17) is 10.6 Å². The number of benzene rings is 1. The normalized spacial score (nSPS) is 28.3. The molecule has 0 bridgehead atoms. The molecule has 3 unspecified atom stereocenters. The van der Waals surface area contributed by atoms with E-state index in [9.17, 15) is 4.39 Å². The highest BCUT2D eigenvalue weighted by atomic mass is 19.1. The molecule has 2 aliphatic rings. The van der Waals surface area contributed by atoms with Crippen LogP contribution in [0.5, 0.6) is 0 Å². The second kappa shape index (κ2) is 6.18. The van der Waals surface area contributed by atoms with E-state index in [0.29, 0.717) is 18.0 Å². The van der Waals surface area contributed by atoms with Crippen LogP contribution in [0.2, 0.25) is 0 Å². The van der Waals surface area contributed by atoms with Crippen LogP contribution >= 0.6 is 0 Å². The Hall–Kier alpha value is -1.01. The molecule has 4 nitrogen and oxygen atoms in total. The first kappa shape index (κ1) is 13.9. The quantitative estimate of drug-likeness (QED) is 0.639. The largest absolute Gasteiger partial charge is 0.374 e. The van der Waals surface area contributed by atoms with Crippen LogP contribution in [0, 0.1) is 5.82 Å². The number of nitrogens with one attached hydrogen (secondary N) is 1. The molecule has 0 spiro atoms. The first-order valence-electron chi connectivity index (χ1n) is 7.33. The molecule has 2 aliphatic heterocycles. The minimum absolute atomic E-state index is 0.0222. The molecule has 0 aromatic heterocycles. The summed E-state index contributed by atoms with van der Waals surface area (Å²) < 4.78 is 19.7. The molecule has 2 saturated heterocycles. The van der Waals surface area contributed by atoms with Gasteiger partial charge in [0.2, 0.25) is 0 Å². The molecule has 3 N–H and O–H groups in total. The fourth-order valence-electron chi connectivity index (χ4n) is 3.28. The van der Waals surface area contributed by atoms with E-state index < -0.39 is 0 Å². The lowest BCUT2D eigenvalue weighted by atomic mass is 9.99. The van der Waals surface area contributed by atoms with E-state index in [0.717, 1.165) is 19.7 Å². The van der Waals surface area contributed by atoms with Gasteiger partial charge < -0.3 is 4.74 Å². The van der Waals surface area contributed by atoms with E-state index in [1.165, 1.54) is 18.9 Å². The molecule has 0 amide bonds. The zero-order valence-corrected chi connectivity index (χ0v) is 11.6. The van der Waals surface area contributed by atoms with Crippen molar-refractivity contribution in [3.05, 3.63) is 35.6 Å². The fourth-order valence-corrected chi connectivity index (χ4v) is 3.28. The van der Waals surface area contributed by atoms with E-state index >= 15 is 0 Å². The average Bonchev–Trinajstić information content (AvgIpc) is 2.94. The molecule has 0 saturated carbocycles. The molecule has 20 heavy (non-hydrogen) atoms. The summed E-state index contributed by atoms with van der Waals surface area (Å²) in [7, 11) is 0. The number of halogens is 1. The van der Waals surface area contributed by atoms with Gasteiger partial charge in [0.25, 0.3) is 0 Å². The Morgan fingerprint density at radius 1 is 1.45 bits per heavy atom. The van der Waals surface area contributed by atoms with Crippen LogP contribution in [-0.4, -0.2) is 42.8 Å². The number of hydrazine groups is 1. The average molecular weight is 279 g/mol. The standard InChI is InChI=1S/C15H22FN3O/c16-13-6-2-1-4-11(13)8-14(18-17)15-9-19-7-3-5-12(19)10-20-15/h1-2,4,6,12,14-15,18H,3,5,7-10,17H2. The van der Waals surface area contributed by atoms with E-state index in [1.807, 2.05) is 6.07 Å². The van der Waals surface area contributed by atoms with Crippen molar-refractivity contribution in [2.45, 2.75) is 37.5 Å². The second-order valence-corrected chi connectivity index (χ2v) is 5.73. The SMILES string of the molecule is NNC(Cc1ccccc1F)C1CN2CCCC2CO1. The van der Waals surface area contributed by atoms with Gasteiger partial charge in [0.15, 0.2) is 0 Å². The summed E-state index contributed by atoms with van der Waals surface area (Å²) in [6.07, 6.45) is 3.04. The van der Waals surface area contributed by atoms with Crippen molar-refractivity contribution >= 4 is 0 Å². The maximum Gasteiger partial charge on any atom is 0.126 e. The summed E-state index contributed by atoms with van der Waals surface area (Å²) in [6.45, 7) is 2.79. The third-order valence-corrected chi connectivity index (χ3v) is 4.48. The second-order valence-electron chi connectivity index (χ2n) is 5.73. The van der Waals surface area contributed by atoms with Crippen LogP contribution in [0.25, 0.3) is 0 Å². The van der Waals surface area contributed by atoms with Gasteiger partial charge in [-0.3, -0.25) is 16.2 Å². The van der Waals surface area contributed by atoms with Gasteiger partial charge in [0, 0.05) is 12.6 Å². The third-order valence-electron chi connectivity index (χ3n) is 4.48. The number of morpholine rings is 1. The summed E-state index contributed by atoms with van der Waals surface area (Å²) in [5.41, 5.74) is 3.49. The number of hydrogen-bond donors (Lipinski definition) is 2. The van der Waals surface area contributed by atoms with E-state index in [2.05, 4.69) is 10.3 Å². The van der Waals surface area contributed by atoms with Gasteiger partial charge >= 0.3 is 0 Å². The third kappa shape index (κ3) is 2.86. The lowest BCUT2D eigenvalue weighted by molar-refractivity contribution is -0.0645. The number of fused-ring (bicyclic) bond motifs is 1. The highest BCUT2D eigenvalue weighted by Gasteiger charge is 2.35. The molecule has 0 radical (unpaired) electrons. The summed E-state index contributed by atoms with van der Waals surface area (Å²) in [5, 5.41) is 0. The summed E-state index contributed by atoms with van der Waals surface area (Å²) in [4.78, 5) is 2.47. The zero-order chi connectivity index (χ0) is 13.9. The van der Waals surface area contributed by atoms with Crippen LogP contribution in [0.15, 0.2) is 24.3 Å². The van der Waals surface area contributed by atoms with Gasteiger partial charge in [0.05, 0.1) is 18.8 Å². The van der Waals surface area contributed by atoms with Crippen molar-refractivity contribution in [1.29, 1.82) is 0 Å². The maximum absolute atomic E-state index is 13.7. The van der Waals surface area contributed by atoms with Crippen molar-refractivity contribution in [3.63, 3.8) is 0 Å². The lowest BCUT2D eigenvalue weighted by Gasteiger charge is -2.38. The van der Waals surface area contributed by atoms with Gasteiger partial charge in [-0.1, -0.05) is 18.2 Å². The number of rotatable bonds is 4. The van der Waals surface area contributed by atoms with Gasteiger partial charge in [-0.15, -0.1) is 0 Å². The van der Waals surface area contributed by atoms with Crippen molar-refractivity contribution in [3.8, 4) is 0 Å². The molecular formula is C15H22FN3O. The highest BCUT2D eigenvalue weighted by Crippen LogP contribution is 2.24. The molecule has 0 aliphatic carbocycles. The monoisotopic (exact) mass is 279 g/mol. The van der Waals surface area contributed by atoms with Crippen molar-refractivity contribution < 1.29 is 9.13 Å². The Morgan fingerprint density at radius 2 is 2.30 bits per heavy atom.